The van der Waals surface area contributed by atoms with Gasteiger partial charge in [0, 0.05) is 15.8 Å². The van der Waals surface area contributed by atoms with Crippen molar-refractivity contribution in [3.8, 4) is 0 Å². The Hall–Kier alpha value is -1.51. The molecule has 2 aromatic carbocycles. The molecule has 16 heavy (non-hydrogen) atoms. The lowest BCUT2D eigenvalue weighted by Crippen LogP contribution is -1.94. The summed E-state index contributed by atoms with van der Waals surface area (Å²) in [4.78, 5) is 0. The molecule has 0 aliphatic heterocycles. The molecule has 1 N–H and O–H groups in total. The summed E-state index contributed by atoms with van der Waals surface area (Å²) in [5.74, 6) is 0. The molecular formula is C13H10ClNO. The van der Waals surface area contributed by atoms with Crippen molar-refractivity contribution >= 4 is 33.4 Å². The topological polar surface area (TPSA) is 25.2 Å². The molecular weight excluding hydrogens is 222 g/mol. The number of para-hydroxylation sites is 1. The summed E-state index contributed by atoms with van der Waals surface area (Å²) in [6.07, 6.45) is 0. The van der Waals surface area contributed by atoms with Gasteiger partial charge in [0.15, 0.2) is 0 Å². The van der Waals surface area contributed by atoms with Gasteiger partial charge in [0.05, 0.1) is 11.0 Å². The van der Waals surface area contributed by atoms with Crippen LogP contribution >= 0.6 is 11.6 Å². The molecule has 0 saturated heterocycles. The number of aromatic nitrogens is 1. The van der Waals surface area contributed by atoms with Crippen LogP contribution in [0.15, 0.2) is 42.5 Å². The predicted octanol–water partition coefficient (Wildman–Crippen LogP) is 3.40. The summed E-state index contributed by atoms with van der Waals surface area (Å²) < 4.78 is 1.88. The third-order valence-electron chi connectivity index (χ3n) is 2.88. The summed E-state index contributed by atoms with van der Waals surface area (Å²) in [6, 6.07) is 13.7. The molecule has 0 bridgehead atoms. The summed E-state index contributed by atoms with van der Waals surface area (Å²) >= 11 is 6.00. The molecule has 1 heterocycles. The van der Waals surface area contributed by atoms with E-state index in [0.29, 0.717) is 5.02 Å². The number of fused-ring (bicyclic) bond motifs is 3. The maximum atomic E-state index is 9.42. The van der Waals surface area contributed by atoms with Gasteiger partial charge >= 0.3 is 0 Å². The molecule has 3 rings (SSSR count). The van der Waals surface area contributed by atoms with E-state index in [1.54, 1.807) is 0 Å². The first kappa shape index (κ1) is 9.70. The Balaban J connectivity index is 2.59. The van der Waals surface area contributed by atoms with Crippen molar-refractivity contribution in [3.05, 3.63) is 47.5 Å². The summed E-state index contributed by atoms with van der Waals surface area (Å²) in [5.41, 5.74) is 2.04. The lowest BCUT2D eigenvalue weighted by molar-refractivity contribution is 0.220. The lowest BCUT2D eigenvalue weighted by atomic mass is 10.2. The Morgan fingerprint density at radius 3 is 2.56 bits per heavy atom. The molecule has 0 spiro atoms. The largest absolute Gasteiger partial charge is 0.376 e. The van der Waals surface area contributed by atoms with E-state index in [2.05, 4.69) is 0 Å². The van der Waals surface area contributed by atoms with Crippen LogP contribution in [0.5, 0.6) is 0 Å². The summed E-state index contributed by atoms with van der Waals surface area (Å²) in [6.45, 7) is -0.0222. The van der Waals surface area contributed by atoms with Gasteiger partial charge < -0.3 is 9.67 Å². The summed E-state index contributed by atoms with van der Waals surface area (Å²) in [5, 5.41) is 12.3. The molecule has 0 amide bonds. The number of hydrogen-bond acceptors (Lipinski definition) is 1. The second-order valence-electron chi connectivity index (χ2n) is 3.75. The highest BCUT2D eigenvalue weighted by atomic mass is 35.5. The van der Waals surface area contributed by atoms with Crippen molar-refractivity contribution in [1.29, 1.82) is 0 Å². The molecule has 0 aliphatic carbocycles. The van der Waals surface area contributed by atoms with Gasteiger partial charge in [-0.3, -0.25) is 0 Å². The fourth-order valence-corrected chi connectivity index (χ4v) is 2.35. The second-order valence-corrected chi connectivity index (χ2v) is 4.18. The van der Waals surface area contributed by atoms with Gasteiger partial charge in [-0.15, -0.1) is 0 Å². The minimum Gasteiger partial charge on any atom is -0.376 e. The fourth-order valence-electron chi connectivity index (χ4n) is 2.18. The first-order valence-electron chi connectivity index (χ1n) is 5.08. The van der Waals surface area contributed by atoms with Crippen LogP contribution in [0, 0.1) is 0 Å². The Labute approximate surface area is 97.7 Å². The van der Waals surface area contributed by atoms with Gasteiger partial charge in [-0.05, 0) is 24.3 Å². The molecule has 3 heteroatoms. The van der Waals surface area contributed by atoms with Crippen molar-refractivity contribution in [2.45, 2.75) is 6.73 Å². The van der Waals surface area contributed by atoms with E-state index in [1.807, 2.05) is 47.0 Å². The van der Waals surface area contributed by atoms with E-state index in [0.717, 1.165) is 21.8 Å². The lowest BCUT2D eigenvalue weighted by Gasteiger charge is -2.01. The minimum atomic E-state index is -0.0222. The van der Waals surface area contributed by atoms with Crippen LogP contribution in [0.25, 0.3) is 21.8 Å². The minimum absolute atomic E-state index is 0.0222. The monoisotopic (exact) mass is 231 g/mol. The number of halogens is 1. The van der Waals surface area contributed by atoms with Gasteiger partial charge in [-0.25, -0.2) is 0 Å². The average Bonchev–Trinajstić information content (AvgIpc) is 2.62. The van der Waals surface area contributed by atoms with E-state index < -0.39 is 0 Å². The highest BCUT2D eigenvalue weighted by Gasteiger charge is 2.08. The number of hydrogen-bond donors (Lipinski definition) is 1. The Morgan fingerprint density at radius 1 is 1.00 bits per heavy atom. The van der Waals surface area contributed by atoms with Gasteiger partial charge in [0.25, 0.3) is 0 Å². The Bertz CT molecular complexity index is 672. The van der Waals surface area contributed by atoms with Crippen molar-refractivity contribution < 1.29 is 5.11 Å². The van der Waals surface area contributed by atoms with Crippen LogP contribution < -0.4 is 0 Å². The zero-order valence-corrected chi connectivity index (χ0v) is 9.28. The van der Waals surface area contributed by atoms with Gasteiger partial charge in [-0.2, -0.15) is 0 Å². The van der Waals surface area contributed by atoms with Crippen LogP contribution in [0.4, 0.5) is 0 Å². The highest BCUT2D eigenvalue weighted by Crippen LogP contribution is 2.30. The van der Waals surface area contributed by atoms with Crippen molar-refractivity contribution in [2.24, 2.45) is 0 Å². The molecule has 0 atom stereocenters. The normalized spacial score (nSPS) is 11.4. The second kappa shape index (κ2) is 3.51. The number of benzene rings is 2. The maximum Gasteiger partial charge on any atom is 0.120 e. The molecule has 2 nitrogen and oxygen atoms in total. The van der Waals surface area contributed by atoms with Gasteiger partial charge in [0.1, 0.15) is 6.73 Å². The predicted molar refractivity (Wildman–Crippen MR) is 66.7 cm³/mol. The SMILES string of the molecule is OCn1c2ccccc2c2cc(Cl)ccc21. The van der Waals surface area contributed by atoms with E-state index in [1.165, 1.54) is 0 Å². The first-order chi connectivity index (χ1) is 7.81. The third kappa shape index (κ3) is 1.24. The highest BCUT2D eigenvalue weighted by molar-refractivity contribution is 6.31. The van der Waals surface area contributed by atoms with Gasteiger partial charge in [-0.1, -0.05) is 29.8 Å². The van der Waals surface area contributed by atoms with E-state index in [9.17, 15) is 5.11 Å². The molecule has 0 radical (unpaired) electrons. The van der Waals surface area contributed by atoms with E-state index >= 15 is 0 Å². The number of aliphatic hydroxyl groups excluding tert-OH is 1. The smallest absolute Gasteiger partial charge is 0.120 e. The molecule has 1 aromatic heterocycles. The number of nitrogens with zero attached hydrogens (tertiary/aromatic N) is 1. The fraction of sp³-hybridized carbons (Fsp3) is 0.0769. The Kier molecular flexibility index (Phi) is 2.13. The van der Waals surface area contributed by atoms with E-state index in [-0.39, 0.29) is 6.73 Å². The van der Waals surface area contributed by atoms with Crippen LogP contribution in [-0.4, -0.2) is 9.67 Å². The number of aliphatic hydroxyl groups is 1. The van der Waals surface area contributed by atoms with Crippen LogP contribution in [0.2, 0.25) is 5.02 Å². The van der Waals surface area contributed by atoms with Crippen molar-refractivity contribution in [3.63, 3.8) is 0 Å². The van der Waals surface area contributed by atoms with Crippen molar-refractivity contribution in [1.82, 2.24) is 4.57 Å². The Morgan fingerprint density at radius 2 is 1.75 bits per heavy atom. The quantitative estimate of drug-likeness (QED) is 0.682. The van der Waals surface area contributed by atoms with Crippen LogP contribution in [0.3, 0.4) is 0 Å². The molecule has 0 unspecified atom stereocenters. The first-order valence-corrected chi connectivity index (χ1v) is 5.46. The molecule has 0 saturated carbocycles. The zero-order chi connectivity index (χ0) is 11.1. The molecule has 0 aliphatic rings. The average molecular weight is 232 g/mol. The van der Waals surface area contributed by atoms with Crippen LogP contribution in [-0.2, 0) is 6.73 Å². The molecule has 80 valence electrons. The summed E-state index contributed by atoms with van der Waals surface area (Å²) in [7, 11) is 0. The molecule has 0 fully saturated rings. The molecule has 3 aromatic rings. The van der Waals surface area contributed by atoms with Gasteiger partial charge in [0.2, 0.25) is 0 Å². The van der Waals surface area contributed by atoms with Crippen molar-refractivity contribution in [2.75, 3.05) is 0 Å². The maximum absolute atomic E-state index is 9.42. The van der Waals surface area contributed by atoms with Crippen LogP contribution in [0.1, 0.15) is 0 Å². The number of rotatable bonds is 1. The zero-order valence-electron chi connectivity index (χ0n) is 8.52. The standard InChI is InChI=1S/C13H10ClNO/c14-9-5-6-13-11(7-9)10-3-1-2-4-12(10)15(13)8-16/h1-7,16H,8H2. The van der Waals surface area contributed by atoms with E-state index in [4.69, 9.17) is 11.6 Å². The third-order valence-corrected chi connectivity index (χ3v) is 3.11.